The molecule has 4 rings (SSSR count). The van der Waals surface area contributed by atoms with Crippen molar-refractivity contribution in [2.75, 3.05) is 6.54 Å². The van der Waals surface area contributed by atoms with Crippen molar-refractivity contribution in [3.63, 3.8) is 0 Å². The first-order chi connectivity index (χ1) is 10.8. The first-order valence-electron chi connectivity index (χ1n) is 6.79. The molecule has 0 fully saturated rings. The number of nitrogens with zero attached hydrogens (tertiary/aromatic N) is 4. The van der Waals surface area contributed by atoms with Gasteiger partial charge in [0, 0.05) is 29.6 Å². The molecule has 0 aliphatic heterocycles. The van der Waals surface area contributed by atoms with Crippen molar-refractivity contribution >= 4 is 33.2 Å². The Hall–Kier alpha value is -2.74. The molecule has 0 saturated carbocycles. The molecule has 0 aliphatic carbocycles. The summed E-state index contributed by atoms with van der Waals surface area (Å²) in [5.41, 5.74) is 3.42. The van der Waals surface area contributed by atoms with E-state index in [9.17, 15) is 4.79 Å². The molecule has 8 heteroatoms. The van der Waals surface area contributed by atoms with Crippen LogP contribution in [0.25, 0.3) is 16.0 Å². The zero-order chi connectivity index (χ0) is 14.9. The Morgan fingerprint density at radius 2 is 2.36 bits per heavy atom. The third kappa shape index (κ3) is 2.23. The van der Waals surface area contributed by atoms with Gasteiger partial charge in [-0.15, -0.1) is 21.5 Å². The normalized spacial score (nSPS) is 11.3. The van der Waals surface area contributed by atoms with Gasteiger partial charge in [0.2, 0.25) is 4.96 Å². The average molecular weight is 312 g/mol. The second-order valence-corrected chi connectivity index (χ2v) is 5.69. The van der Waals surface area contributed by atoms with Gasteiger partial charge >= 0.3 is 0 Å². The monoisotopic (exact) mass is 312 g/mol. The molecular weight excluding hydrogens is 300 g/mol. The van der Waals surface area contributed by atoms with E-state index in [0.717, 1.165) is 28.1 Å². The van der Waals surface area contributed by atoms with E-state index in [-0.39, 0.29) is 5.91 Å². The maximum atomic E-state index is 12.2. The maximum absolute atomic E-state index is 12.2. The molecule has 0 aliphatic rings. The number of rotatable bonds is 4. The topological polar surface area (TPSA) is 88.0 Å². The van der Waals surface area contributed by atoms with Crippen LogP contribution in [0.4, 0.5) is 0 Å². The number of thiazole rings is 1. The van der Waals surface area contributed by atoms with Crippen LogP contribution in [0.3, 0.4) is 0 Å². The molecule has 3 aromatic heterocycles. The highest BCUT2D eigenvalue weighted by Gasteiger charge is 2.08. The fourth-order valence-corrected chi connectivity index (χ4v) is 3.19. The molecule has 1 aromatic carbocycles. The number of nitrogens with one attached hydrogen (secondary N) is 2. The second-order valence-electron chi connectivity index (χ2n) is 4.85. The van der Waals surface area contributed by atoms with Crippen molar-refractivity contribution in [3.05, 3.63) is 47.5 Å². The Morgan fingerprint density at radius 3 is 3.32 bits per heavy atom. The van der Waals surface area contributed by atoms with E-state index < -0.39 is 0 Å². The van der Waals surface area contributed by atoms with E-state index in [4.69, 9.17) is 0 Å². The molecule has 3 heterocycles. The lowest BCUT2D eigenvalue weighted by molar-refractivity contribution is 0.0954. The summed E-state index contributed by atoms with van der Waals surface area (Å²) in [6, 6.07) is 5.42. The molecule has 22 heavy (non-hydrogen) atoms. The summed E-state index contributed by atoms with van der Waals surface area (Å²) in [6.07, 6.45) is 4.04. The van der Waals surface area contributed by atoms with E-state index in [1.165, 1.54) is 0 Å². The van der Waals surface area contributed by atoms with Crippen molar-refractivity contribution in [3.8, 4) is 0 Å². The third-order valence-corrected chi connectivity index (χ3v) is 4.35. The van der Waals surface area contributed by atoms with Crippen molar-refractivity contribution in [1.82, 2.24) is 29.9 Å². The number of carbonyl (C=O) groups excluding carboxylic acids is 1. The predicted molar refractivity (Wildman–Crippen MR) is 83.0 cm³/mol. The SMILES string of the molecule is O=C(NCCc1csc2nncn12)c1ccc2nc[nH]c2c1. The van der Waals surface area contributed by atoms with Crippen molar-refractivity contribution in [1.29, 1.82) is 0 Å². The van der Waals surface area contributed by atoms with Crippen molar-refractivity contribution in [2.24, 2.45) is 0 Å². The van der Waals surface area contributed by atoms with Crippen LogP contribution >= 0.6 is 11.3 Å². The van der Waals surface area contributed by atoms with Gasteiger partial charge in [0.05, 0.1) is 17.4 Å². The molecule has 2 N–H and O–H groups in total. The molecule has 0 unspecified atom stereocenters. The van der Waals surface area contributed by atoms with Gasteiger partial charge in [-0.05, 0) is 18.2 Å². The summed E-state index contributed by atoms with van der Waals surface area (Å²) in [6.45, 7) is 0.559. The summed E-state index contributed by atoms with van der Waals surface area (Å²) in [4.78, 5) is 20.2. The lowest BCUT2D eigenvalue weighted by Crippen LogP contribution is -2.25. The molecular formula is C14H12N6OS. The van der Waals surface area contributed by atoms with Crippen LogP contribution in [-0.4, -0.2) is 37.0 Å². The number of aromatic amines is 1. The number of carbonyl (C=O) groups is 1. The van der Waals surface area contributed by atoms with Crippen LogP contribution in [0.2, 0.25) is 0 Å². The van der Waals surface area contributed by atoms with Gasteiger partial charge < -0.3 is 10.3 Å². The minimum Gasteiger partial charge on any atom is -0.352 e. The Bertz CT molecular complexity index is 952. The Morgan fingerprint density at radius 1 is 1.41 bits per heavy atom. The lowest BCUT2D eigenvalue weighted by atomic mass is 10.2. The van der Waals surface area contributed by atoms with E-state index >= 15 is 0 Å². The first kappa shape index (κ1) is 13.0. The van der Waals surface area contributed by atoms with Gasteiger partial charge in [0.25, 0.3) is 5.91 Å². The first-order valence-corrected chi connectivity index (χ1v) is 7.67. The van der Waals surface area contributed by atoms with Gasteiger partial charge in [-0.2, -0.15) is 0 Å². The molecule has 7 nitrogen and oxygen atoms in total. The van der Waals surface area contributed by atoms with Crippen LogP contribution in [0, 0.1) is 0 Å². The molecule has 110 valence electrons. The molecule has 0 spiro atoms. The summed E-state index contributed by atoms with van der Waals surface area (Å²) >= 11 is 1.54. The van der Waals surface area contributed by atoms with Gasteiger partial charge in [-0.3, -0.25) is 9.20 Å². The molecule has 0 bridgehead atoms. The third-order valence-electron chi connectivity index (χ3n) is 3.48. The van der Waals surface area contributed by atoms with Gasteiger partial charge in [-0.1, -0.05) is 0 Å². The Balaban J connectivity index is 1.42. The number of benzene rings is 1. The quantitative estimate of drug-likeness (QED) is 0.599. The summed E-state index contributed by atoms with van der Waals surface area (Å²) in [5.74, 6) is -0.0910. The summed E-state index contributed by atoms with van der Waals surface area (Å²) in [7, 11) is 0. The van der Waals surface area contributed by atoms with Gasteiger partial charge in [-0.25, -0.2) is 4.98 Å². The minimum atomic E-state index is -0.0910. The maximum Gasteiger partial charge on any atom is 0.251 e. The van der Waals surface area contributed by atoms with Crippen LogP contribution in [0.15, 0.2) is 36.2 Å². The summed E-state index contributed by atoms with van der Waals surface area (Å²) in [5, 5.41) is 12.8. The number of aromatic nitrogens is 5. The number of hydrogen-bond donors (Lipinski definition) is 2. The summed E-state index contributed by atoms with van der Waals surface area (Å²) < 4.78 is 1.94. The fraction of sp³-hybridized carbons (Fsp3) is 0.143. The number of fused-ring (bicyclic) bond motifs is 2. The number of hydrogen-bond acceptors (Lipinski definition) is 5. The number of H-pyrrole nitrogens is 1. The van der Waals surface area contributed by atoms with Crippen molar-refractivity contribution < 1.29 is 4.79 Å². The van der Waals surface area contributed by atoms with Gasteiger partial charge in [0.15, 0.2) is 0 Å². The Kier molecular flexibility index (Phi) is 3.08. The molecule has 0 radical (unpaired) electrons. The highest BCUT2D eigenvalue weighted by atomic mass is 32.1. The van der Waals surface area contributed by atoms with Crippen molar-refractivity contribution in [2.45, 2.75) is 6.42 Å². The Labute approximate surface area is 129 Å². The van der Waals surface area contributed by atoms with Crippen LogP contribution in [0.1, 0.15) is 16.1 Å². The minimum absolute atomic E-state index is 0.0910. The standard InChI is InChI=1S/C14H12N6OS/c21-13(9-1-2-11-12(5-9)17-7-16-11)15-4-3-10-6-22-14-19-18-8-20(10)14/h1-2,5-8H,3-4H2,(H,15,21)(H,16,17). The molecule has 0 saturated heterocycles. The number of imidazole rings is 1. The van der Waals surface area contributed by atoms with Gasteiger partial charge in [0.1, 0.15) is 6.33 Å². The molecule has 4 aromatic rings. The predicted octanol–water partition coefficient (Wildman–Crippen LogP) is 1.64. The average Bonchev–Trinajstić information content (AvgIpc) is 3.23. The van der Waals surface area contributed by atoms with E-state index in [1.54, 1.807) is 36.1 Å². The fourth-order valence-electron chi connectivity index (χ4n) is 2.34. The largest absolute Gasteiger partial charge is 0.352 e. The van der Waals surface area contributed by atoms with Crippen LogP contribution < -0.4 is 5.32 Å². The highest BCUT2D eigenvalue weighted by molar-refractivity contribution is 7.15. The van der Waals surface area contributed by atoms with E-state index in [0.29, 0.717) is 12.1 Å². The molecule has 1 amide bonds. The highest BCUT2D eigenvalue weighted by Crippen LogP contribution is 2.14. The van der Waals surface area contributed by atoms with Crippen LogP contribution in [0.5, 0.6) is 0 Å². The zero-order valence-corrected chi connectivity index (χ0v) is 12.3. The van der Waals surface area contributed by atoms with E-state index in [1.807, 2.05) is 15.8 Å². The van der Waals surface area contributed by atoms with Crippen LogP contribution in [-0.2, 0) is 6.42 Å². The molecule has 0 atom stereocenters. The smallest absolute Gasteiger partial charge is 0.251 e. The number of amides is 1. The zero-order valence-electron chi connectivity index (χ0n) is 11.5. The van der Waals surface area contributed by atoms with E-state index in [2.05, 4.69) is 25.5 Å². The lowest BCUT2D eigenvalue weighted by Gasteiger charge is -2.05. The second kappa shape index (κ2) is 5.23.